The summed E-state index contributed by atoms with van der Waals surface area (Å²) in [7, 11) is 0. The lowest BCUT2D eigenvalue weighted by atomic mass is 9.82. The molecule has 2 unspecified atom stereocenters. The van der Waals surface area contributed by atoms with Gasteiger partial charge in [0.2, 0.25) is 0 Å². The smallest absolute Gasteiger partial charge is 0.0542 e. The summed E-state index contributed by atoms with van der Waals surface area (Å²) in [5, 5.41) is 2.45. The molecule has 348 valence electrons. The van der Waals surface area contributed by atoms with E-state index in [-0.39, 0.29) is 5.41 Å². The SMILES string of the molecule is CC(CC(C)c1ccc(-c2ccc3c(c2)c2cc(N(c4ccc(-c5ccccc5)cc4)c4ccc5c(c4)C(C)(C)c4ccccc4-5)ccc2n3-c2ccccc2)cc1)c1ccc(-c2ccc3c(c2)CC3)cc1. The Labute approximate surface area is 424 Å². The molecule has 2 aliphatic carbocycles. The van der Waals surface area contributed by atoms with Gasteiger partial charge in [-0.15, -0.1) is 0 Å². The van der Waals surface area contributed by atoms with E-state index in [2.05, 4.69) is 268 Å². The lowest BCUT2D eigenvalue weighted by Crippen LogP contribution is -2.16. The second kappa shape index (κ2) is 17.6. The molecule has 0 amide bonds. The number of benzene rings is 10. The third kappa shape index (κ3) is 7.56. The minimum atomic E-state index is -0.126. The molecule has 10 aromatic carbocycles. The van der Waals surface area contributed by atoms with E-state index in [4.69, 9.17) is 0 Å². The summed E-state index contributed by atoms with van der Waals surface area (Å²) in [5.74, 6) is 0.881. The van der Waals surface area contributed by atoms with Gasteiger partial charge in [0, 0.05) is 38.9 Å². The van der Waals surface area contributed by atoms with Crippen molar-refractivity contribution in [3.63, 3.8) is 0 Å². The van der Waals surface area contributed by atoms with Crippen LogP contribution in [0.5, 0.6) is 0 Å². The molecule has 13 rings (SSSR count). The second-order valence-corrected chi connectivity index (χ2v) is 21.0. The number of hydrogen-bond acceptors (Lipinski definition) is 1. The van der Waals surface area contributed by atoms with Crippen LogP contribution in [0.2, 0.25) is 0 Å². The third-order valence-electron chi connectivity index (χ3n) is 16.3. The Bertz CT molecular complexity index is 3800. The van der Waals surface area contributed by atoms with E-state index in [1.807, 2.05) is 0 Å². The maximum absolute atomic E-state index is 2.45. The van der Waals surface area contributed by atoms with Crippen LogP contribution in [-0.4, -0.2) is 4.57 Å². The number of fused-ring (bicyclic) bond motifs is 7. The standard InChI is InChI=1S/C70H58N2/c1-46(48-19-23-52(24-20-48)55-29-27-53-28-30-56(53)42-55)41-47(2)49-21-25-54(26-22-49)57-33-39-68-64(43-57)65-44-60(37-40-69(65)72(68)58-15-9-6-10-16-58)71(59-34-31-51(32-35-59)50-13-7-5-8-14-50)61-36-38-63-62-17-11-12-18-66(62)70(3,4)67(63)45-61/h5-27,29,31-40,42-47H,28,30,41H2,1-4H3. The van der Waals surface area contributed by atoms with Gasteiger partial charge in [0.05, 0.1) is 11.0 Å². The average Bonchev–Trinajstić information content (AvgIpc) is 3.86. The number of hydrogen-bond donors (Lipinski definition) is 0. The van der Waals surface area contributed by atoms with Crippen molar-refractivity contribution in [3.8, 4) is 50.2 Å². The number of nitrogens with zero attached hydrogens (tertiary/aromatic N) is 2. The van der Waals surface area contributed by atoms with Crippen molar-refractivity contribution in [3.05, 3.63) is 264 Å². The number of aromatic nitrogens is 1. The monoisotopic (exact) mass is 926 g/mol. The summed E-state index contributed by atoms with van der Waals surface area (Å²) < 4.78 is 2.43. The van der Waals surface area contributed by atoms with Crippen LogP contribution in [0.4, 0.5) is 17.1 Å². The number of aryl methyl sites for hydroxylation is 2. The average molecular weight is 927 g/mol. The highest BCUT2D eigenvalue weighted by molar-refractivity contribution is 6.12. The van der Waals surface area contributed by atoms with Crippen molar-refractivity contribution in [2.45, 2.75) is 64.2 Å². The molecule has 0 bridgehead atoms. The van der Waals surface area contributed by atoms with E-state index in [9.17, 15) is 0 Å². The van der Waals surface area contributed by atoms with Crippen molar-refractivity contribution in [2.75, 3.05) is 4.90 Å². The van der Waals surface area contributed by atoms with Crippen LogP contribution in [-0.2, 0) is 18.3 Å². The number of para-hydroxylation sites is 1. The first-order valence-corrected chi connectivity index (χ1v) is 25.9. The van der Waals surface area contributed by atoms with Crippen molar-refractivity contribution in [1.82, 2.24) is 4.57 Å². The molecule has 0 fully saturated rings. The van der Waals surface area contributed by atoms with Crippen molar-refractivity contribution >= 4 is 38.9 Å². The largest absolute Gasteiger partial charge is 0.310 e. The summed E-state index contributed by atoms with van der Waals surface area (Å²) in [6.07, 6.45) is 3.53. The van der Waals surface area contributed by atoms with Gasteiger partial charge in [0.1, 0.15) is 0 Å². The Hall–Kier alpha value is -8.20. The van der Waals surface area contributed by atoms with Gasteiger partial charge >= 0.3 is 0 Å². The molecule has 2 aliphatic rings. The van der Waals surface area contributed by atoms with Gasteiger partial charge in [0.15, 0.2) is 0 Å². The Morgan fingerprint density at radius 1 is 0.403 bits per heavy atom. The Morgan fingerprint density at radius 3 is 1.56 bits per heavy atom. The summed E-state index contributed by atoms with van der Waals surface area (Å²) in [4.78, 5) is 2.45. The van der Waals surface area contributed by atoms with Crippen LogP contribution in [0.3, 0.4) is 0 Å². The quantitative estimate of drug-likeness (QED) is 0.125. The highest BCUT2D eigenvalue weighted by atomic mass is 15.1. The lowest BCUT2D eigenvalue weighted by Gasteiger charge is -2.28. The van der Waals surface area contributed by atoms with Crippen LogP contribution >= 0.6 is 0 Å². The van der Waals surface area contributed by atoms with Crippen molar-refractivity contribution < 1.29 is 0 Å². The predicted octanol–water partition coefficient (Wildman–Crippen LogP) is 19.0. The molecule has 1 heterocycles. The predicted molar refractivity (Wildman–Crippen MR) is 305 cm³/mol. The minimum absolute atomic E-state index is 0.126. The van der Waals surface area contributed by atoms with Crippen LogP contribution in [0.1, 0.15) is 79.3 Å². The van der Waals surface area contributed by atoms with E-state index >= 15 is 0 Å². The first kappa shape index (κ1) is 43.8. The molecule has 0 N–H and O–H groups in total. The zero-order chi connectivity index (χ0) is 48.5. The summed E-state index contributed by atoms with van der Waals surface area (Å²) >= 11 is 0. The molecule has 0 saturated heterocycles. The molecule has 2 heteroatoms. The van der Waals surface area contributed by atoms with Gasteiger partial charge in [-0.2, -0.15) is 0 Å². The fraction of sp³-hybridized carbons (Fsp3) is 0.143. The zero-order valence-electron chi connectivity index (χ0n) is 41.6. The molecule has 0 saturated carbocycles. The van der Waals surface area contributed by atoms with Crippen molar-refractivity contribution in [1.29, 1.82) is 0 Å². The molecular weight excluding hydrogens is 869 g/mol. The Morgan fingerprint density at radius 2 is 0.889 bits per heavy atom. The fourth-order valence-electron chi connectivity index (χ4n) is 12.1. The summed E-state index contributed by atoms with van der Waals surface area (Å²) in [6.45, 7) is 9.50. The van der Waals surface area contributed by atoms with Crippen LogP contribution < -0.4 is 4.90 Å². The van der Waals surface area contributed by atoms with Crippen LogP contribution in [0, 0.1) is 0 Å². The molecular formula is C70H58N2. The van der Waals surface area contributed by atoms with Crippen LogP contribution in [0.15, 0.2) is 231 Å². The first-order valence-electron chi connectivity index (χ1n) is 25.9. The van der Waals surface area contributed by atoms with Gasteiger partial charge in [-0.05, 0) is 176 Å². The zero-order valence-corrected chi connectivity index (χ0v) is 41.6. The van der Waals surface area contributed by atoms with E-state index in [1.165, 1.54) is 113 Å². The lowest BCUT2D eigenvalue weighted by molar-refractivity contribution is 0.593. The van der Waals surface area contributed by atoms with E-state index in [0.29, 0.717) is 11.8 Å². The molecule has 1 aromatic heterocycles. The van der Waals surface area contributed by atoms with Gasteiger partial charge in [-0.25, -0.2) is 0 Å². The topological polar surface area (TPSA) is 8.17 Å². The highest BCUT2D eigenvalue weighted by Crippen LogP contribution is 2.51. The number of rotatable bonds is 11. The Kier molecular flexibility index (Phi) is 10.7. The molecule has 72 heavy (non-hydrogen) atoms. The van der Waals surface area contributed by atoms with Crippen LogP contribution in [0.25, 0.3) is 72.0 Å². The normalized spacial score (nSPS) is 14.1. The van der Waals surface area contributed by atoms with E-state index < -0.39 is 0 Å². The third-order valence-corrected chi connectivity index (χ3v) is 16.3. The molecule has 2 nitrogen and oxygen atoms in total. The highest BCUT2D eigenvalue weighted by Gasteiger charge is 2.36. The fourth-order valence-corrected chi connectivity index (χ4v) is 12.1. The summed E-state index contributed by atoms with van der Waals surface area (Å²) in [5.41, 5.74) is 25.5. The van der Waals surface area contributed by atoms with Gasteiger partial charge in [0.25, 0.3) is 0 Å². The molecule has 11 aromatic rings. The van der Waals surface area contributed by atoms with E-state index in [0.717, 1.165) is 29.2 Å². The minimum Gasteiger partial charge on any atom is -0.310 e. The number of anilines is 3. The van der Waals surface area contributed by atoms with Gasteiger partial charge in [-0.1, -0.05) is 191 Å². The Balaban J connectivity index is 0.856. The van der Waals surface area contributed by atoms with Gasteiger partial charge < -0.3 is 9.47 Å². The van der Waals surface area contributed by atoms with Gasteiger partial charge in [-0.3, -0.25) is 0 Å². The van der Waals surface area contributed by atoms with E-state index in [1.54, 1.807) is 0 Å². The maximum Gasteiger partial charge on any atom is 0.0542 e. The molecule has 0 aliphatic heterocycles. The first-order chi connectivity index (χ1) is 35.2. The summed E-state index contributed by atoms with van der Waals surface area (Å²) in [6, 6.07) is 86.3. The second-order valence-electron chi connectivity index (χ2n) is 21.0. The molecule has 2 atom stereocenters. The van der Waals surface area contributed by atoms with Crippen molar-refractivity contribution in [2.24, 2.45) is 0 Å². The molecule has 0 radical (unpaired) electrons. The maximum atomic E-state index is 2.45. The molecule has 0 spiro atoms.